The normalized spacial score (nSPS) is 9.43. The second kappa shape index (κ2) is 28.6. The Bertz CT molecular complexity index is 1740. The number of anilines is 3. The van der Waals surface area contributed by atoms with Gasteiger partial charge in [0.15, 0.2) is 0 Å². The maximum absolute atomic E-state index is 9.57. The Labute approximate surface area is 306 Å². The Morgan fingerprint density at radius 1 is 0.714 bits per heavy atom. The molecule has 6 rings (SSSR count). The quantitative estimate of drug-likeness (QED) is 0.0630. The molecular formula is C37H50BBrN7O2S. The minimum atomic E-state index is -0.511. The molecule has 0 saturated carbocycles. The first kappa shape index (κ1) is 46.7. The zero-order valence-electron chi connectivity index (χ0n) is 29.7. The first-order valence-corrected chi connectivity index (χ1v) is 17.0. The first-order valence-electron chi connectivity index (χ1n) is 15.8. The number of aldehydes is 1. The molecule has 261 valence electrons. The predicted molar refractivity (Wildman–Crippen MR) is 220 cm³/mol. The molecule has 0 fully saturated rings. The van der Waals surface area contributed by atoms with Crippen LogP contribution in [0.15, 0.2) is 107 Å². The molecule has 1 unspecified atom stereocenters. The van der Waals surface area contributed by atoms with Crippen molar-refractivity contribution in [3.8, 4) is 0 Å². The van der Waals surface area contributed by atoms with Crippen LogP contribution in [0.2, 0.25) is 0 Å². The Morgan fingerprint density at radius 3 is 1.57 bits per heavy atom. The van der Waals surface area contributed by atoms with Gasteiger partial charge < -0.3 is 27.1 Å². The van der Waals surface area contributed by atoms with Crippen molar-refractivity contribution in [1.82, 2.24) is 15.0 Å². The summed E-state index contributed by atoms with van der Waals surface area (Å²) in [7, 11) is 4.34. The van der Waals surface area contributed by atoms with E-state index >= 15 is 0 Å². The summed E-state index contributed by atoms with van der Waals surface area (Å²) in [6.45, 7) is 15.2. The third-order valence-electron chi connectivity index (χ3n) is 5.76. The molecule has 7 N–H and O–H groups in total. The van der Waals surface area contributed by atoms with Crippen LogP contribution >= 0.6 is 28.7 Å². The molecule has 0 amide bonds. The number of nitrogen functional groups attached to an aromatic ring is 3. The van der Waals surface area contributed by atoms with Crippen LogP contribution in [0, 0.1) is 0 Å². The molecule has 1 radical (unpaired) electrons. The van der Waals surface area contributed by atoms with Gasteiger partial charge in [0.05, 0.1) is 41.8 Å². The van der Waals surface area contributed by atoms with Crippen molar-refractivity contribution in [2.75, 3.05) is 17.2 Å². The van der Waals surface area contributed by atoms with Crippen LogP contribution in [-0.4, -0.2) is 34.0 Å². The van der Waals surface area contributed by atoms with Gasteiger partial charge in [0.2, 0.25) is 0 Å². The van der Waals surface area contributed by atoms with Crippen molar-refractivity contribution in [1.29, 1.82) is 0 Å². The van der Waals surface area contributed by atoms with Gasteiger partial charge in [-0.15, -0.1) is 0 Å². The molecule has 3 aromatic heterocycles. The van der Waals surface area contributed by atoms with Crippen LogP contribution in [0.25, 0.3) is 32.3 Å². The minimum absolute atomic E-state index is 0.511. The standard InChI is InChI=1S/C11H12N2O.C9H7BrN2.C9H8N2.C2H4O.3C2H6.BHNS/c1-7(14)9-4-2-3-8-5-13-6-10(12)11(8)9;10-7-3-1-2-6-4-12-5-8(11)9(6)7;10-9-6-11-5-7-3-1-2-4-8(7)9;1-2-3;3*1-2;1-2-3/h2-7,14H,12H2,1H3;1-5H,11H2;1-6H,10H2;2H,1H3;3*1-2H3;3H. The summed E-state index contributed by atoms with van der Waals surface area (Å²) in [6.07, 6.45) is 10.5. The molecule has 0 aliphatic carbocycles. The number of rotatable bonds is 1. The number of aliphatic hydroxyl groups excluding tert-OH is 1. The van der Waals surface area contributed by atoms with Gasteiger partial charge in [-0.25, -0.2) is 0 Å². The molecule has 49 heavy (non-hydrogen) atoms. The number of fused-ring (bicyclic) bond motifs is 3. The molecular weight excluding hydrogens is 697 g/mol. The van der Waals surface area contributed by atoms with Crippen molar-refractivity contribution >= 4 is 92.0 Å². The van der Waals surface area contributed by atoms with Crippen molar-refractivity contribution in [3.05, 3.63) is 108 Å². The van der Waals surface area contributed by atoms with Gasteiger partial charge in [-0.3, -0.25) is 15.0 Å². The Kier molecular flexibility index (Phi) is 27.3. The number of halogens is 1. The van der Waals surface area contributed by atoms with E-state index in [4.69, 9.17) is 22.0 Å². The van der Waals surface area contributed by atoms with E-state index in [-0.39, 0.29) is 0 Å². The summed E-state index contributed by atoms with van der Waals surface area (Å²) in [4.78, 5) is 20.8. The van der Waals surface area contributed by atoms with Crippen molar-refractivity contribution in [3.63, 3.8) is 0 Å². The second-order valence-corrected chi connectivity index (χ2v) is 9.80. The van der Waals surface area contributed by atoms with E-state index in [2.05, 4.69) is 55.6 Å². The SMILES string of the molecule is CC.CC.CC.CC(O)c1cccc2cncc(N)c12.CC=O.Nc1cncc2cccc(Br)c12.Nc1cncc2ccccc12.[B]=NS. The fourth-order valence-electron chi connectivity index (χ4n) is 4.00. The molecule has 0 bridgehead atoms. The number of carbonyl (C=O) groups excluding carboxylic acids is 1. The molecule has 12 heteroatoms. The number of thiol groups is 1. The monoisotopic (exact) mass is 746 g/mol. The maximum atomic E-state index is 9.57. The van der Waals surface area contributed by atoms with Gasteiger partial charge in [-0.05, 0) is 25.5 Å². The Hall–Kier alpha value is -4.39. The van der Waals surface area contributed by atoms with Crippen molar-refractivity contribution in [2.45, 2.75) is 61.5 Å². The molecule has 0 aliphatic rings. The summed E-state index contributed by atoms with van der Waals surface area (Å²) in [5, 5.41) is 15.7. The Morgan fingerprint density at radius 2 is 1.10 bits per heavy atom. The summed E-state index contributed by atoms with van der Waals surface area (Å²) >= 11 is 6.63. The predicted octanol–water partition coefficient (Wildman–Crippen LogP) is 9.73. The molecule has 9 nitrogen and oxygen atoms in total. The number of benzene rings is 3. The van der Waals surface area contributed by atoms with Crippen molar-refractivity contribution < 1.29 is 9.90 Å². The molecule has 0 spiro atoms. The topological polar surface area (TPSA) is 166 Å². The van der Waals surface area contributed by atoms with E-state index < -0.39 is 6.10 Å². The number of pyridine rings is 3. The number of hydrogen-bond acceptors (Lipinski definition) is 10. The van der Waals surface area contributed by atoms with E-state index in [1.165, 1.54) is 6.92 Å². The van der Waals surface area contributed by atoms with Crippen LogP contribution in [0.4, 0.5) is 17.1 Å². The third-order valence-corrected chi connectivity index (χ3v) is 6.42. The van der Waals surface area contributed by atoms with E-state index in [0.717, 1.165) is 54.3 Å². The first-order chi connectivity index (χ1) is 23.7. The number of nitrogens with two attached hydrogens (primary N) is 3. The number of nitrogens with zero attached hydrogens (tertiary/aromatic N) is 4. The van der Waals surface area contributed by atoms with E-state index in [1.54, 1.807) is 37.9 Å². The summed E-state index contributed by atoms with van der Waals surface area (Å²) < 4.78 is 3.71. The number of aliphatic hydroxyl groups is 1. The van der Waals surface area contributed by atoms with E-state index in [1.807, 2.05) is 108 Å². The molecule has 0 aliphatic heterocycles. The summed E-state index contributed by atoms with van der Waals surface area (Å²) in [6, 6.07) is 19.6. The van der Waals surface area contributed by atoms with Crippen LogP contribution < -0.4 is 17.2 Å². The van der Waals surface area contributed by atoms with Crippen LogP contribution in [-0.2, 0) is 4.79 Å². The summed E-state index contributed by atoms with van der Waals surface area (Å²) in [5.74, 6) is 0. The Balaban J connectivity index is 0. The average molecular weight is 748 g/mol. The average Bonchev–Trinajstić information content (AvgIpc) is 3.12. The van der Waals surface area contributed by atoms with Crippen LogP contribution in [0.5, 0.6) is 0 Å². The van der Waals surface area contributed by atoms with E-state index in [0.29, 0.717) is 11.4 Å². The third kappa shape index (κ3) is 16.0. The van der Waals surface area contributed by atoms with Gasteiger partial charge in [0.1, 0.15) is 6.29 Å². The van der Waals surface area contributed by atoms with Crippen molar-refractivity contribution in [2.24, 2.45) is 4.30 Å². The fraction of sp³-hybridized carbons (Fsp3) is 0.243. The molecule has 0 saturated heterocycles. The number of aromatic nitrogens is 3. The molecule has 6 aromatic rings. The number of carbonyl (C=O) groups is 1. The van der Waals surface area contributed by atoms with Gasteiger partial charge >= 0.3 is 24.8 Å². The molecule has 3 aromatic carbocycles. The van der Waals surface area contributed by atoms with Crippen LogP contribution in [0.1, 0.15) is 67.1 Å². The zero-order chi connectivity index (χ0) is 37.8. The van der Waals surface area contributed by atoms with Crippen LogP contribution in [0.3, 0.4) is 0 Å². The number of hydrogen-bond donors (Lipinski definition) is 5. The molecule has 1 atom stereocenters. The van der Waals surface area contributed by atoms with Gasteiger partial charge in [-0.1, -0.05) is 112 Å². The summed E-state index contributed by atoms with van der Waals surface area (Å²) in [5.41, 5.74) is 20.2. The van der Waals surface area contributed by atoms with Gasteiger partial charge in [0.25, 0.3) is 0 Å². The van der Waals surface area contributed by atoms with Gasteiger partial charge in [-0.2, -0.15) is 0 Å². The van der Waals surface area contributed by atoms with E-state index in [9.17, 15) is 5.11 Å². The fourth-order valence-corrected chi connectivity index (χ4v) is 4.61. The second-order valence-electron chi connectivity index (χ2n) is 8.72. The zero-order valence-corrected chi connectivity index (χ0v) is 32.2. The molecule has 3 heterocycles. The van der Waals surface area contributed by atoms with Gasteiger partial charge in [0, 0.05) is 55.4 Å².